The van der Waals surface area contributed by atoms with Crippen LogP contribution >= 0.6 is 0 Å². The van der Waals surface area contributed by atoms with Crippen molar-refractivity contribution < 1.29 is 15.0 Å². The van der Waals surface area contributed by atoms with Crippen LogP contribution in [0.5, 0.6) is 11.5 Å². The highest BCUT2D eigenvalue weighted by Gasteiger charge is 2.23. The van der Waals surface area contributed by atoms with E-state index in [2.05, 4.69) is 4.98 Å². The normalized spacial score (nSPS) is 10.7. The minimum atomic E-state index is -0.714. The van der Waals surface area contributed by atoms with Crippen LogP contribution in [-0.2, 0) is 0 Å². The minimum Gasteiger partial charge on any atom is -0.508 e. The molecule has 6 heteroatoms. The third kappa shape index (κ3) is 2.50. The number of amides is 1. The van der Waals surface area contributed by atoms with Crippen LogP contribution in [0.4, 0.5) is 5.69 Å². The van der Waals surface area contributed by atoms with Gasteiger partial charge in [0.15, 0.2) is 0 Å². The van der Waals surface area contributed by atoms with E-state index in [-0.39, 0.29) is 22.2 Å². The van der Waals surface area contributed by atoms with Gasteiger partial charge in [-0.05, 0) is 24.3 Å². The molecule has 0 radical (unpaired) electrons. The molecule has 0 spiro atoms. The zero-order valence-electron chi connectivity index (χ0n) is 12.3. The van der Waals surface area contributed by atoms with Gasteiger partial charge in [-0.25, -0.2) is 0 Å². The molecule has 3 rings (SSSR count). The Labute approximate surface area is 131 Å². The average molecular weight is 310 g/mol. The standard InChI is InChI=1S/C17H14N2O4/c1-19(10-5-3-2-4-6-10)17(23)14-15(21)12-8-7-11(20)9-13(12)18-16(14)22/h2-9,20H,1H3,(H2,18,21,22). The van der Waals surface area contributed by atoms with Crippen molar-refractivity contribution in [3.05, 3.63) is 64.4 Å². The number of aromatic nitrogens is 1. The fraction of sp³-hybridized carbons (Fsp3) is 0.0588. The summed E-state index contributed by atoms with van der Waals surface area (Å²) in [5.41, 5.74) is -0.198. The van der Waals surface area contributed by atoms with Gasteiger partial charge in [0, 0.05) is 24.2 Å². The molecule has 0 aliphatic rings. The third-order valence-corrected chi connectivity index (χ3v) is 3.63. The Bertz CT molecular complexity index is 948. The van der Waals surface area contributed by atoms with Crippen LogP contribution in [0.2, 0.25) is 0 Å². The van der Waals surface area contributed by atoms with E-state index >= 15 is 0 Å². The first-order valence-corrected chi connectivity index (χ1v) is 6.90. The second kappa shape index (κ2) is 5.49. The number of anilines is 1. The second-order valence-electron chi connectivity index (χ2n) is 5.11. The molecule has 0 bridgehead atoms. The molecule has 6 nitrogen and oxygen atoms in total. The fourth-order valence-corrected chi connectivity index (χ4v) is 2.40. The van der Waals surface area contributed by atoms with Crippen LogP contribution in [0.25, 0.3) is 10.9 Å². The summed E-state index contributed by atoms with van der Waals surface area (Å²) in [7, 11) is 1.53. The molecule has 0 unspecified atom stereocenters. The number of nitrogens with zero attached hydrogens (tertiary/aromatic N) is 1. The molecule has 3 N–H and O–H groups in total. The number of aromatic amines is 1. The number of carbonyl (C=O) groups excluding carboxylic acids is 1. The smallest absolute Gasteiger partial charge is 0.267 e. The maximum Gasteiger partial charge on any atom is 0.267 e. The number of aromatic hydroxyl groups is 2. The average Bonchev–Trinajstić information content (AvgIpc) is 2.54. The van der Waals surface area contributed by atoms with E-state index in [0.29, 0.717) is 5.69 Å². The summed E-state index contributed by atoms with van der Waals surface area (Å²) in [5, 5.41) is 20.1. The third-order valence-electron chi connectivity index (χ3n) is 3.63. The molecule has 0 aliphatic carbocycles. The Hall–Kier alpha value is -3.28. The highest BCUT2D eigenvalue weighted by molar-refractivity contribution is 6.10. The molecule has 3 aromatic rings. The van der Waals surface area contributed by atoms with Gasteiger partial charge in [-0.2, -0.15) is 0 Å². The summed E-state index contributed by atoms with van der Waals surface area (Å²) < 4.78 is 0. The molecule has 1 heterocycles. The first-order valence-electron chi connectivity index (χ1n) is 6.90. The van der Waals surface area contributed by atoms with E-state index in [0.717, 1.165) is 0 Å². The number of phenols is 1. The lowest BCUT2D eigenvalue weighted by Crippen LogP contribution is -2.31. The largest absolute Gasteiger partial charge is 0.508 e. The Balaban J connectivity index is 2.14. The second-order valence-corrected chi connectivity index (χ2v) is 5.11. The maximum atomic E-state index is 12.6. The molecule has 0 atom stereocenters. The van der Waals surface area contributed by atoms with Gasteiger partial charge in [0.25, 0.3) is 11.5 Å². The van der Waals surface area contributed by atoms with E-state index in [9.17, 15) is 19.8 Å². The number of fused-ring (bicyclic) bond motifs is 1. The molecule has 1 amide bonds. The van der Waals surface area contributed by atoms with E-state index in [1.54, 1.807) is 24.3 Å². The van der Waals surface area contributed by atoms with Crippen molar-refractivity contribution in [2.45, 2.75) is 0 Å². The zero-order valence-corrected chi connectivity index (χ0v) is 12.3. The number of rotatable bonds is 2. The topological polar surface area (TPSA) is 93.6 Å². The number of H-pyrrole nitrogens is 1. The highest BCUT2D eigenvalue weighted by Crippen LogP contribution is 2.28. The lowest BCUT2D eigenvalue weighted by Gasteiger charge is -2.17. The number of hydrogen-bond donors (Lipinski definition) is 3. The van der Waals surface area contributed by atoms with Crippen LogP contribution in [0.1, 0.15) is 10.4 Å². The highest BCUT2D eigenvalue weighted by atomic mass is 16.3. The van der Waals surface area contributed by atoms with Gasteiger partial charge in [0.2, 0.25) is 0 Å². The van der Waals surface area contributed by atoms with Gasteiger partial charge in [-0.15, -0.1) is 0 Å². The number of carbonyl (C=O) groups is 1. The molecule has 116 valence electrons. The Morgan fingerprint density at radius 2 is 1.78 bits per heavy atom. The Morgan fingerprint density at radius 1 is 1.09 bits per heavy atom. The number of nitrogens with one attached hydrogen (secondary N) is 1. The monoisotopic (exact) mass is 310 g/mol. The number of pyridine rings is 1. The van der Waals surface area contributed by atoms with Crippen molar-refractivity contribution in [2.24, 2.45) is 0 Å². The van der Waals surface area contributed by atoms with Crippen LogP contribution in [0.15, 0.2) is 53.3 Å². The molecule has 2 aromatic carbocycles. The molecular formula is C17H14N2O4. The molecule has 0 saturated heterocycles. The lowest BCUT2D eigenvalue weighted by molar-refractivity contribution is 0.0989. The quantitative estimate of drug-likeness (QED) is 0.676. The lowest BCUT2D eigenvalue weighted by atomic mass is 10.1. The van der Waals surface area contributed by atoms with Crippen LogP contribution in [-0.4, -0.2) is 28.2 Å². The zero-order chi connectivity index (χ0) is 16.6. The SMILES string of the molecule is CN(C(=O)c1c(O)c2ccc(O)cc2[nH]c1=O)c1ccccc1. The van der Waals surface area contributed by atoms with Crippen molar-refractivity contribution >= 4 is 22.5 Å². The summed E-state index contributed by atoms with van der Waals surface area (Å²) in [6, 6.07) is 12.9. The van der Waals surface area contributed by atoms with E-state index < -0.39 is 17.2 Å². The Kier molecular flexibility index (Phi) is 3.50. The van der Waals surface area contributed by atoms with Gasteiger partial charge in [-0.1, -0.05) is 18.2 Å². The number of para-hydroxylation sites is 1. The van der Waals surface area contributed by atoms with Crippen molar-refractivity contribution in [2.75, 3.05) is 11.9 Å². The van der Waals surface area contributed by atoms with Crippen molar-refractivity contribution in [1.82, 2.24) is 4.98 Å². The van der Waals surface area contributed by atoms with Gasteiger partial charge < -0.3 is 20.1 Å². The van der Waals surface area contributed by atoms with Crippen LogP contribution in [0, 0.1) is 0 Å². The first kappa shape index (κ1) is 14.6. The van der Waals surface area contributed by atoms with Crippen LogP contribution in [0.3, 0.4) is 0 Å². The van der Waals surface area contributed by atoms with Gasteiger partial charge >= 0.3 is 0 Å². The molecule has 1 aromatic heterocycles. The molecular weight excluding hydrogens is 296 g/mol. The van der Waals surface area contributed by atoms with Crippen molar-refractivity contribution in [3.8, 4) is 11.5 Å². The molecule has 0 aliphatic heterocycles. The number of phenolic OH excluding ortho intramolecular Hbond substituents is 1. The van der Waals surface area contributed by atoms with Crippen molar-refractivity contribution in [1.29, 1.82) is 0 Å². The van der Waals surface area contributed by atoms with Crippen LogP contribution < -0.4 is 10.5 Å². The predicted molar refractivity (Wildman–Crippen MR) is 87.1 cm³/mol. The first-order chi connectivity index (χ1) is 11.0. The molecule has 0 saturated carbocycles. The number of hydrogen-bond acceptors (Lipinski definition) is 4. The van der Waals surface area contributed by atoms with Gasteiger partial charge in [-0.3, -0.25) is 9.59 Å². The molecule has 23 heavy (non-hydrogen) atoms. The van der Waals surface area contributed by atoms with Gasteiger partial charge in [0.05, 0.1) is 5.52 Å². The summed E-state index contributed by atoms with van der Waals surface area (Å²) in [5.74, 6) is -1.07. The predicted octanol–water partition coefficient (Wildman–Crippen LogP) is 2.22. The summed E-state index contributed by atoms with van der Waals surface area (Å²) in [6.07, 6.45) is 0. The van der Waals surface area contributed by atoms with E-state index in [1.165, 1.54) is 30.1 Å². The Morgan fingerprint density at radius 3 is 2.48 bits per heavy atom. The summed E-state index contributed by atoms with van der Waals surface area (Å²) in [6.45, 7) is 0. The minimum absolute atomic E-state index is 0.0481. The van der Waals surface area contributed by atoms with Gasteiger partial charge in [0.1, 0.15) is 17.1 Å². The molecule has 0 fully saturated rings. The van der Waals surface area contributed by atoms with E-state index in [4.69, 9.17) is 0 Å². The number of benzene rings is 2. The fourth-order valence-electron chi connectivity index (χ4n) is 2.40. The maximum absolute atomic E-state index is 12.6. The van der Waals surface area contributed by atoms with E-state index in [1.807, 2.05) is 6.07 Å². The summed E-state index contributed by atoms with van der Waals surface area (Å²) >= 11 is 0. The van der Waals surface area contributed by atoms with Crippen molar-refractivity contribution in [3.63, 3.8) is 0 Å². The summed E-state index contributed by atoms with van der Waals surface area (Å²) in [4.78, 5) is 28.6.